The zero-order valence-electron chi connectivity index (χ0n) is 20.7. The summed E-state index contributed by atoms with van der Waals surface area (Å²) in [5.41, 5.74) is 6.57. The van der Waals surface area contributed by atoms with E-state index in [-0.39, 0.29) is 34.1 Å². The number of nitrogens with two attached hydrogens (primary N) is 1. The van der Waals surface area contributed by atoms with Gasteiger partial charge >= 0.3 is 11.8 Å². The summed E-state index contributed by atoms with van der Waals surface area (Å²) in [7, 11) is 1.38. The number of nitrogens with zero attached hydrogens (tertiary/aromatic N) is 1. The Bertz CT molecular complexity index is 1770. The Kier molecular flexibility index (Phi) is 6.52. The van der Waals surface area contributed by atoms with E-state index in [1.165, 1.54) is 13.2 Å². The third-order valence-electron chi connectivity index (χ3n) is 6.68. The molecule has 2 heterocycles. The minimum atomic E-state index is -4.68. The number of aryl methyl sites for hydroxylation is 1. The largest absolute Gasteiger partial charge is 0.496 e. The van der Waals surface area contributed by atoms with Gasteiger partial charge in [-0.3, -0.25) is 0 Å². The lowest BCUT2D eigenvalue weighted by atomic mass is 9.82. The van der Waals surface area contributed by atoms with Crippen molar-refractivity contribution in [1.29, 1.82) is 5.26 Å². The zero-order valence-corrected chi connectivity index (χ0v) is 21.4. The van der Waals surface area contributed by atoms with Crippen LogP contribution in [0.2, 0.25) is 5.02 Å². The van der Waals surface area contributed by atoms with Crippen LogP contribution in [0.1, 0.15) is 35.1 Å². The summed E-state index contributed by atoms with van der Waals surface area (Å²) in [5.74, 6) is -0.757. The second-order valence-electron chi connectivity index (χ2n) is 8.89. The van der Waals surface area contributed by atoms with Crippen molar-refractivity contribution in [2.75, 3.05) is 7.11 Å². The lowest BCUT2D eigenvalue weighted by Gasteiger charge is -2.26. The topological polar surface area (TPSA) is 98.5 Å². The third-order valence-corrected chi connectivity index (χ3v) is 7.01. The highest BCUT2D eigenvalue weighted by Gasteiger charge is 2.37. The molecule has 0 fully saturated rings. The fraction of sp³-hybridized carbons (Fsp3) is 0.172. The molecule has 1 aliphatic heterocycles. The monoisotopic (exact) mass is 552 g/mol. The summed E-state index contributed by atoms with van der Waals surface area (Å²) in [4.78, 5) is 13.3. The van der Waals surface area contributed by atoms with Gasteiger partial charge in [-0.25, -0.2) is 4.79 Å². The van der Waals surface area contributed by atoms with Gasteiger partial charge in [0.2, 0.25) is 5.88 Å². The number of hydrogen-bond donors (Lipinski definition) is 1. The number of hydrogen-bond acceptors (Lipinski definition) is 6. The number of allylic oxidation sites excluding steroid dienone is 1. The van der Waals surface area contributed by atoms with Crippen LogP contribution in [-0.4, -0.2) is 7.11 Å². The fourth-order valence-electron chi connectivity index (χ4n) is 4.76. The first-order valence-electron chi connectivity index (χ1n) is 11.8. The predicted octanol–water partition coefficient (Wildman–Crippen LogP) is 6.92. The molecule has 1 unspecified atom stereocenters. The fourth-order valence-corrected chi connectivity index (χ4v) is 4.99. The van der Waals surface area contributed by atoms with E-state index < -0.39 is 28.3 Å². The summed E-state index contributed by atoms with van der Waals surface area (Å²) in [6, 6.07) is 15.6. The quantitative estimate of drug-likeness (QED) is 0.276. The van der Waals surface area contributed by atoms with E-state index in [1.54, 1.807) is 24.3 Å². The molecule has 1 aliphatic rings. The molecule has 1 aromatic heterocycles. The van der Waals surface area contributed by atoms with E-state index in [4.69, 9.17) is 31.2 Å². The summed E-state index contributed by atoms with van der Waals surface area (Å²) in [6.07, 6.45) is -3.97. The third kappa shape index (κ3) is 4.47. The van der Waals surface area contributed by atoms with E-state index in [1.807, 2.05) is 25.1 Å². The van der Waals surface area contributed by atoms with Crippen LogP contribution >= 0.6 is 11.6 Å². The maximum Gasteiger partial charge on any atom is 0.417 e. The summed E-state index contributed by atoms with van der Waals surface area (Å²) in [6.45, 7) is 1.97. The van der Waals surface area contributed by atoms with Crippen LogP contribution in [-0.2, 0) is 12.6 Å². The predicted molar refractivity (Wildman–Crippen MR) is 140 cm³/mol. The Balaban J connectivity index is 1.77. The molecule has 0 radical (unpaired) electrons. The molecule has 3 aromatic carbocycles. The van der Waals surface area contributed by atoms with Gasteiger partial charge in [-0.1, -0.05) is 36.7 Å². The van der Waals surface area contributed by atoms with Gasteiger partial charge in [0.15, 0.2) is 5.75 Å². The molecule has 5 rings (SSSR count). The number of methoxy groups -OCH3 is 1. The molecule has 0 aliphatic carbocycles. The van der Waals surface area contributed by atoms with Gasteiger partial charge in [-0.2, -0.15) is 18.4 Å². The number of rotatable bonds is 4. The molecule has 1 atom stereocenters. The standard InChI is InChI=1S/C29H20ClF3N2O4/c1-3-14-4-8-23-18(10-14)26-25(28(36)38-23)24(19(13-34)27(35)39-26)16-6-9-22(37-2)17(11-16)15-5-7-21(30)20(12-15)29(31,32)33/h4-12,24H,3,35H2,1-2H3. The Labute approximate surface area is 225 Å². The van der Waals surface area contributed by atoms with Crippen LogP contribution in [0.25, 0.3) is 22.1 Å². The van der Waals surface area contributed by atoms with Crippen molar-refractivity contribution in [3.05, 3.63) is 104 Å². The van der Waals surface area contributed by atoms with Crippen LogP contribution in [0, 0.1) is 11.3 Å². The van der Waals surface area contributed by atoms with Gasteiger partial charge in [0.1, 0.15) is 23.0 Å². The maximum absolute atomic E-state index is 13.6. The highest BCUT2D eigenvalue weighted by Crippen LogP contribution is 2.46. The number of fused-ring (bicyclic) bond motifs is 3. The molecule has 39 heavy (non-hydrogen) atoms. The van der Waals surface area contributed by atoms with E-state index in [9.17, 15) is 23.2 Å². The Morgan fingerprint density at radius 2 is 1.90 bits per heavy atom. The smallest absolute Gasteiger partial charge is 0.417 e. The number of ether oxygens (including phenoxy) is 2. The minimum Gasteiger partial charge on any atom is -0.496 e. The Morgan fingerprint density at radius 3 is 2.56 bits per heavy atom. The lowest BCUT2D eigenvalue weighted by molar-refractivity contribution is -0.137. The van der Waals surface area contributed by atoms with Gasteiger partial charge in [-0.05, 0) is 59.5 Å². The van der Waals surface area contributed by atoms with Gasteiger partial charge in [0.25, 0.3) is 0 Å². The number of benzene rings is 3. The average molecular weight is 553 g/mol. The van der Waals surface area contributed by atoms with Crippen molar-refractivity contribution in [2.45, 2.75) is 25.4 Å². The molecular formula is C29H20ClF3N2O4. The van der Waals surface area contributed by atoms with Gasteiger partial charge in [0, 0.05) is 5.56 Å². The SMILES string of the molecule is CCc1ccc2oc(=O)c3c(c2c1)OC(N)=C(C#N)C3c1ccc(OC)c(-c2ccc(Cl)c(C(F)(F)F)c2)c1. The Hall–Kier alpha value is -4.42. The zero-order chi connectivity index (χ0) is 28.1. The van der Waals surface area contributed by atoms with E-state index in [0.29, 0.717) is 28.5 Å². The van der Waals surface area contributed by atoms with Crippen LogP contribution in [0.15, 0.2) is 75.3 Å². The highest BCUT2D eigenvalue weighted by atomic mass is 35.5. The summed E-state index contributed by atoms with van der Waals surface area (Å²) in [5, 5.41) is 10.0. The van der Waals surface area contributed by atoms with Gasteiger partial charge in [-0.15, -0.1) is 0 Å². The first-order valence-corrected chi connectivity index (χ1v) is 12.2. The maximum atomic E-state index is 13.6. The second-order valence-corrected chi connectivity index (χ2v) is 9.30. The normalized spacial score (nSPS) is 15.1. The van der Waals surface area contributed by atoms with E-state index >= 15 is 0 Å². The van der Waals surface area contributed by atoms with E-state index in [0.717, 1.165) is 17.7 Å². The molecule has 6 nitrogen and oxygen atoms in total. The number of halogens is 4. The van der Waals surface area contributed by atoms with Crippen molar-refractivity contribution in [3.8, 4) is 28.7 Å². The van der Waals surface area contributed by atoms with Crippen molar-refractivity contribution >= 4 is 22.6 Å². The summed E-state index contributed by atoms with van der Waals surface area (Å²) < 4.78 is 57.6. The van der Waals surface area contributed by atoms with Crippen LogP contribution in [0.3, 0.4) is 0 Å². The minimum absolute atomic E-state index is 0.0380. The molecule has 0 spiro atoms. The molecule has 10 heteroatoms. The highest BCUT2D eigenvalue weighted by molar-refractivity contribution is 6.31. The van der Waals surface area contributed by atoms with Crippen LogP contribution < -0.4 is 20.8 Å². The van der Waals surface area contributed by atoms with E-state index in [2.05, 4.69) is 0 Å². The van der Waals surface area contributed by atoms with Crippen LogP contribution in [0.5, 0.6) is 11.5 Å². The molecule has 0 amide bonds. The van der Waals surface area contributed by atoms with Crippen molar-refractivity contribution in [3.63, 3.8) is 0 Å². The van der Waals surface area contributed by atoms with Gasteiger partial charge < -0.3 is 19.6 Å². The lowest BCUT2D eigenvalue weighted by Crippen LogP contribution is -2.26. The molecule has 4 aromatic rings. The second kappa shape index (κ2) is 9.71. The van der Waals surface area contributed by atoms with Crippen LogP contribution in [0.4, 0.5) is 13.2 Å². The van der Waals surface area contributed by atoms with Crippen molar-refractivity contribution < 1.29 is 27.1 Å². The first-order chi connectivity index (χ1) is 18.6. The first kappa shape index (κ1) is 26.2. The number of nitriles is 1. The molecule has 0 saturated heterocycles. The molecule has 2 N–H and O–H groups in total. The Morgan fingerprint density at radius 1 is 1.13 bits per heavy atom. The molecular weight excluding hydrogens is 533 g/mol. The molecule has 198 valence electrons. The van der Waals surface area contributed by atoms with Crippen molar-refractivity contribution in [2.24, 2.45) is 5.73 Å². The average Bonchev–Trinajstić information content (AvgIpc) is 2.91. The number of alkyl halides is 3. The van der Waals surface area contributed by atoms with Crippen molar-refractivity contribution in [1.82, 2.24) is 0 Å². The molecule has 0 saturated carbocycles. The summed E-state index contributed by atoms with van der Waals surface area (Å²) >= 11 is 5.83. The molecule has 0 bridgehead atoms. The van der Waals surface area contributed by atoms with Gasteiger partial charge in [0.05, 0.1) is 34.6 Å².